The minimum absolute atomic E-state index is 0.00583. The summed E-state index contributed by atoms with van der Waals surface area (Å²) >= 11 is 5.23. The fourth-order valence-electron chi connectivity index (χ4n) is 2.64. The molecule has 0 saturated heterocycles. The van der Waals surface area contributed by atoms with Gasteiger partial charge < -0.3 is 4.74 Å². The normalized spacial score (nSPS) is 15.9. The third-order valence-electron chi connectivity index (χ3n) is 3.53. The van der Waals surface area contributed by atoms with Crippen LogP contribution in [0.3, 0.4) is 0 Å². The predicted octanol–water partition coefficient (Wildman–Crippen LogP) is 3.34. The van der Waals surface area contributed by atoms with E-state index in [2.05, 4.69) is 0 Å². The van der Waals surface area contributed by atoms with Crippen molar-refractivity contribution in [2.24, 2.45) is 0 Å². The Morgan fingerprint density at radius 1 is 1.00 bits per heavy atom. The van der Waals surface area contributed by atoms with Crippen LogP contribution in [0.25, 0.3) is 0 Å². The molecule has 0 amide bonds. The topological polar surface area (TPSA) is 60.4 Å². The average Bonchev–Trinajstić information content (AvgIpc) is 2.47. The van der Waals surface area contributed by atoms with Gasteiger partial charge >= 0.3 is 5.43 Å². The molecule has 1 heterocycles. The zero-order valence-corrected chi connectivity index (χ0v) is 12.4. The number of sulfone groups is 1. The largest absolute Gasteiger partial charge is 0.453 e. The van der Waals surface area contributed by atoms with E-state index in [1.54, 1.807) is 48.5 Å². The number of carbonyl (C=O) groups excluding carboxylic acids is 1. The Morgan fingerprint density at radius 3 is 1.95 bits per heavy atom. The standard InChI is InChI=1S/C15H11ClO4S/c16-15(17)20-9-12-10-5-1-3-7-13(10)21(18,19)14-8-4-2-6-11(12)14/h1-8,12H,9H2. The first kappa shape index (κ1) is 14.1. The van der Waals surface area contributed by atoms with Crippen molar-refractivity contribution >= 4 is 26.9 Å². The molecule has 0 unspecified atom stereocenters. The van der Waals surface area contributed by atoms with E-state index in [4.69, 9.17) is 16.3 Å². The molecule has 0 atom stereocenters. The van der Waals surface area contributed by atoms with Gasteiger partial charge in [-0.1, -0.05) is 36.4 Å². The minimum Gasteiger partial charge on any atom is -0.453 e. The number of rotatable bonds is 2. The average molecular weight is 323 g/mol. The molecule has 108 valence electrons. The molecule has 2 aromatic rings. The van der Waals surface area contributed by atoms with E-state index < -0.39 is 15.3 Å². The number of hydrogen-bond donors (Lipinski definition) is 0. The number of halogens is 1. The van der Waals surface area contributed by atoms with Crippen molar-refractivity contribution in [3.05, 3.63) is 59.7 Å². The molecule has 21 heavy (non-hydrogen) atoms. The molecule has 0 fully saturated rings. The number of hydrogen-bond acceptors (Lipinski definition) is 4. The molecule has 0 saturated carbocycles. The first-order valence-electron chi connectivity index (χ1n) is 6.27. The van der Waals surface area contributed by atoms with Crippen LogP contribution in [0.5, 0.6) is 0 Å². The highest BCUT2D eigenvalue weighted by Gasteiger charge is 2.35. The molecule has 4 nitrogen and oxygen atoms in total. The highest BCUT2D eigenvalue weighted by Crippen LogP contribution is 2.41. The second-order valence-corrected chi connectivity index (χ2v) is 6.88. The summed E-state index contributed by atoms with van der Waals surface area (Å²) in [5, 5.41) is 0. The summed E-state index contributed by atoms with van der Waals surface area (Å²) < 4.78 is 30.2. The van der Waals surface area contributed by atoms with Crippen LogP contribution in [-0.4, -0.2) is 20.5 Å². The van der Waals surface area contributed by atoms with Gasteiger partial charge in [-0.05, 0) is 23.3 Å². The molecular formula is C15H11ClO4S. The summed E-state index contributed by atoms with van der Waals surface area (Å²) in [6.45, 7) is 0.00583. The van der Waals surface area contributed by atoms with Crippen molar-refractivity contribution in [2.45, 2.75) is 15.7 Å². The summed E-state index contributed by atoms with van der Waals surface area (Å²) in [5.74, 6) is -0.344. The lowest BCUT2D eigenvalue weighted by Gasteiger charge is -2.27. The first-order valence-corrected chi connectivity index (χ1v) is 8.13. The van der Waals surface area contributed by atoms with Gasteiger partial charge in [0.1, 0.15) is 6.61 Å². The second kappa shape index (κ2) is 5.16. The van der Waals surface area contributed by atoms with Gasteiger partial charge in [0.25, 0.3) is 0 Å². The molecule has 0 N–H and O–H groups in total. The molecule has 2 aromatic carbocycles. The number of benzene rings is 2. The van der Waals surface area contributed by atoms with Crippen LogP contribution < -0.4 is 0 Å². The Morgan fingerprint density at radius 2 is 1.48 bits per heavy atom. The lowest BCUT2D eigenvalue weighted by Crippen LogP contribution is -2.22. The van der Waals surface area contributed by atoms with Gasteiger partial charge in [-0.3, -0.25) is 0 Å². The third-order valence-corrected chi connectivity index (χ3v) is 5.54. The fraction of sp³-hybridized carbons (Fsp3) is 0.133. The van der Waals surface area contributed by atoms with Gasteiger partial charge in [0.2, 0.25) is 9.84 Å². The van der Waals surface area contributed by atoms with Crippen LogP contribution in [0, 0.1) is 0 Å². The SMILES string of the molecule is O=C(Cl)OCC1c2ccccc2S(=O)(=O)c2ccccc21. The smallest absolute Gasteiger partial charge is 0.403 e. The monoisotopic (exact) mass is 322 g/mol. The summed E-state index contributed by atoms with van der Waals surface area (Å²) in [6, 6.07) is 13.5. The second-order valence-electron chi connectivity index (χ2n) is 4.68. The Balaban J connectivity index is 2.21. The maximum atomic E-state index is 12.6. The summed E-state index contributed by atoms with van der Waals surface area (Å²) in [4.78, 5) is 11.4. The summed E-state index contributed by atoms with van der Waals surface area (Å²) in [6.07, 6.45) is 0. The minimum atomic E-state index is -3.55. The molecule has 0 radical (unpaired) electrons. The van der Waals surface area contributed by atoms with E-state index in [-0.39, 0.29) is 22.3 Å². The van der Waals surface area contributed by atoms with Crippen LogP contribution in [0.2, 0.25) is 0 Å². The van der Waals surface area contributed by atoms with Gasteiger partial charge in [-0.15, -0.1) is 0 Å². The van der Waals surface area contributed by atoms with Crippen LogP contribution in [0.4, 0.5) is 4.79 Å². The highest BCUT2D eigenvalue weighted by molar-refractivity contribution is 7.91. The van der Waals surface area contributed by atoms with Gasteiger partial charge in [0, 0.05) is 17.5 Å². The first-order chi connectivity index (χ1) is 10.0. The van der Waals surface area contributed by atoms with Gasteiger partial charge in [-0.2, -0.15) is 0 Å². The molecule has 0 spiro atoms. The van der Waals surface area contributed by atoms with Crippen molar-refractivity contribution in [2.75, 3.05) is 6.61 Å². The van der Waals surface area contributed by atoms with Gasteiger partial charge in [-0.25, -0.2) is 13.2 Å². The van der Waals surface area contributed by atoms with Gasteiger partial charge in [0.15, 0.2) is 0 Å². The molecular weight excluding hydrogens is 312 g/mol. The van der Waals surface area contributed by atoms with E-state index in [9.17, 15) is 13.2 Å². The van der Waals surface area contributed by atoms with Crippen LogP contribution in [0.15, 0.2) is 58.3 Å². The Labute approximate surface area is 127 Å². The number of carbonyl (C=O) groups is 1. The predicted molar refractivity (Wildman–Crippen MR) is 77.4 cm³/mol. The molecule has 3 rings (SSSR count). The lowest BCUT2D eigenvalue weighted by molar-refractivity contribution is 0.169. The van der Waals surface area contributed by atoms with E-state index in [0.717, 1.165) is 0 Å². The lowest BCUT2D eigenvalue weighted by atomic mass is 9.91. The van der Waals surface area contributed by atoms with E-state index >= 15 is 0 Å². The maximum absolute atomic E-state index is 12.6. The summed E-state index contributed by atoms with van der Waals surface area (Å²) in [5.41, 5.74) is 0.335. The van der Waals surface area contributed by atoms with Crippen LogP contribution in [-0.2, 0) is 14.6 Å². The van der Waals surface area contributed by atoms with E-state index in [1.807, 2.05) is 0 Å². The van der Waals surface area contributed by atoms with E-state index in [1.165, 1.54) is 0 Å². The van der Waals surface area contributed by atoms with Crippen LogP contribution >= 0.6 is 11.6 Å². The zero-order chi connectivity index (χ0) is 15.0. The van der Waals surface area contributed by atoms with Crippen molar-refractivity contribution in [1.29, 1.82) is 0 Å². The summed E-state index contributed by atoms with van der Waals surface area (Å²) in [7, 11) is -3.55. The molecule has 0 bridgehead atoms. The quantitative estimate of drug-likeness (QED) is 0.796. The molecule has 0 aromatic heterocycles. The highest BCUT2D eigenvalue weighted by atomic mass is 35.5. The molecule has 1 aliphatic heterocycles. The van der Waals surface area contributed by atoms with Crippen molar-refractivity contribution in [3.63, 3.8) is 0 Å². The Kier molecular flexibility index (Phi) is 3.47. The van der Waals surface area contributed by atoms with Crippen molar-refractivity contribution in [3.8, 4) is 0 Å². The molecule has 1 aliphatic rings. The number of ether oxygens (including phenoxy) is 1. The molecule has 6 heteroatoms. The van der Waals surface area contributed by atoms with Gasteiger partial charge in [0.05, 0.1) is 9.79 Å². The zero-order valence-electron chi connectivity index (χ0n) is 10.8. The number of fused-ring (bicyclic) bond motifs is 2. The third kappa shape index (κ3) is 2.32. The maximum Gasteiger partial charge on any atom is 0.403 e. The fourth-order valence-corrected chi connectivity index (χ4v) is 4.50. The Hall–Kier alpha value is -1.85. The van der Waals surface area contributed by atoms with Crippen molar-refractivity contribution in [1.82, 2.24) is 0 Å². The Bertz CT molecular complexity index is 760. The molecule has 0 aliphatic carbocycles. The van der Waals surface area contributed by atoms with Crippen LogP contribution in [0.1, 0.15) is 17.0 Å². The van der Waals surface area contributed by atoms with E-state index in [0.29, 0.717) is 11.1 Å². The van der Waals surface area contributed by atoms with Crippen molar-refractivity contribution < 1.29 is 17.9 Å².